The average Bonchev–Trinajstić information content (AvgIpc) is 2.49. The van der Waals surface area contributed by atoms with Gasteiger partial charge in [0.25, 0.3) is 11.0 Å². The molecule has 68 valence electrons. The molecule has 0 atom stereocenters. The Morgan fingerprint density at radius 3 is 2.92 bits per heavy atom. The van der Waals surface area contributed by atoms with Gasteiger partial charge in [-0.2, -0.15) is 4.40 Å². The van der Waals surface area contributed by atoms with Crippen LogP contribution in [0.3, 0.4) is 0 Å². The highest BCUT2D eigenvalue weighted by Gasteiger charge is 2.12. The van der Waals surface area contributed by atoms with E-state index in [0.29, 0.717) is 0 Å². The van der Waals surface area contributed by atoms with E-state index in [1.54, 1.807) is 28.0 Å². The number of halogens is 1. The summed E-state index contributed by atoms with van der Waals surface area (Å²) < 4.78 is 1.74. The zero-order chi connectivity index (χ0) is 8.55. The molecule has 0 aliphatic carbocycles. The molecule has 0 aromatic carbocycles. The maximum atomic E-state index is 10.4. The van der Waals surface area contributed by atoms with E-state index in [1.807, 2.05) is 5.38 Å². The average molecular weight is 261 g/mol. The standard InChI is InChI=1S/C7H5N2O2S.BrH/c10-9(11)6-1-2-7-8(5-6)3-4-12-7;/h1-5H;1H/q+1;/p-1. The fourth-order valence-electron chi connectivity index (χ4n) is 0.982. The van der Waals surface area contributed by atoms with Crippen LogP contribution in [0.25, 0.3) is 4.83 Å². The molecule has 0 amide bonds. The molecule has 0 fully saturated rings. The second-order valence-electron chi connectivity index (χ2n) is 2.29. The van der Waals surface area contributed by atoms with Gasteiger partial charge < -0.3 is 17.0 Å². The maximum absolute atomic E-state index is 10.4. The van der Waals surface area contributed by atoms with Gasteiger partial charge in [0.2, 0.25) is 0 Å². The number of pyridine rings is 1. The predicted molar refractivity (Wildman–Crippen MR) is 44.1 cm³/mol. The van der Waals surface area contributed by atoms with E-state index in [0.717, 1.165) is 4.83 Å². The van der Waals surface area contributed by atoms with Crippen molar-refractivity contribution in [3.8, 4) is 0 Å². The summed E-state index contributed by atoms with van der Waals surface area (Å²) in [5.74, 6) is 0. The van der Waals surface area contributed by atoms with Crippen LogP contribution in [-0.2, 0) is 0 Å². The first kappa shape index (κ1) is 10.1. The summed E-state index contributed by atoms with van der Waals surface area (Å²) >= 11 is 1.55. The van der Waals surface area contributed by atoms with Gasteiger partial charge in [0, 0.05) is 12.1 Å². The molecule has 2 rings (SSSR count). The highest BCUT2D eigenvalue weighted by Crippen LogP contribution is 2.11. The zero-order valence-corrected chi connectivity index (χ0v) is 8.79. The van der Waals surface area contributed by atoms with Crippen LogP contribution in [0.1, 0.15) is 0 Å². The van der Waals surface area contributed by atoms with Crippen molar-refractivity contribution in [3.63, 3.8) is 0 Å². The zero-order valence-electron chi connectivity index (χ0n) is 6.38. The Kier molecular flexibility index (Phi) is 2.94. The summed E-state index contributed by atoms with van der Waals surface area (Å²) in [5.41, 5.74) is 0.117. The van der Waals surface area contributed by atoms with E-state index in [1.165, 1.54) is 12.3 Å². The molecule has 0 aliphatic rings. The molecule has 4 nitrogen and oxygen atoms in total. The summed E-state index contributed by atoms with van der Waals surface area (Å²) in [7, 11) is 0. The number of rotatable bonds is 1. The van der Waals surface area contributed by atoms with Crippen molar-refractivity contribution >= 4 is 21.9 Å². The lowest BCUT2D eigenvalue weighted by Crippen LogP contribution is -3.00. The molecule has 2 aromatic rings. The minimum absolute atomic E-state index is 0. The third kappa shape index (κ3) is 1.84. The molecule has 0 radical (unpaired) electrons. The lowest BCUT2D eigenvalue weighted by atomic mass is 10.4. The molecule has 0 unspecified atom stereocenters. The topological polar surface area (TPSA) is 47.2 Å². The number of hydrogen-bond donors (Lipinski definition) is 0. The molecule has 0 spiro atoms. The van der Waals surface area contributed by atoms with E-state index in [4.69, 9.17) is 0 Å². The number of nitrogens with zero attached hydrogens (tertiary/aromatic N) is 2. The second kappa shape index (κ2) is 3.80. The Bertz CT molecular complexity index is 443. The van der Waals surface area contributed by atoms with E-state index in [2.05, 4.69) is 0 Å². The Hall–Kier alpha value is -1.01. The smallest absolute Gasteiger partial charge is 0.332 e. The van der Waals surface area contributed by atoms with Gasteiger partial charge >= 0.3 is 5.69 Å². The Labute approximate surface area is 88.4 Å². The molecule has 2 aromatic heterocycles. The highest BCUT2D eigenvalue weighted by molar-refractivity contribution is 7.14. The summed E-state index contributed by atoms with van der Waals surface area (Å²) in [6.45, 7) is 0. The van der Waals surface area contributed by atoms with Gasteiger partial charge in [-0.1, -0.05) is 11.3 Å². The van der Waals surface area contributed by atoms with Crippen molar-refractivity contribution in [2.45, 2.75) is 0 Å². The molecule has 0 aliphatic heterocycles. The number of hydrogen-bond acceptors (Lipinski definition) is 3. The van der Waals surface area contributed by atoms with E-state index < -0.39 is 4.92 Å². The van der Waals surface area contributed by atoms with Gasteiger partial charge in [-0.05, 0) is 0 Å². The van der Waals surface area contributed by atoms with E-state index in [-0.39, 0.29) is 22.7 Å². The first-order chi connectivity index (χ1) is 5.77. The van der Waals surface area contributed by atoms with Gasteiger partial charge in [0.15, 0.2) is 6.20 Å². The van der Waals surface area contributed by atoms with E-state index in [9.17, 15) is 10.1 Å². The Morgan fingerprint density at radius 1 is 1.46 bits per heavy atom. The van der Waals surface area contributed by atoms with Gasteiger partial charge in [-0.25, -0.2) is 0 Å². The van der Waals surface area contributed by atoms with Crippen LogP contribution in [-0.4, -0.2) is 4.92 Å². The molecule has 2 heterocycles. The number of thiazole rings is 1. The predicted octanol–water partition coefficient (Wildman–Crippen LogP) is -1.60. The Balaban J connectivity index is 0.000000845. The van der Waals surface area contributed by atoms with Gasteiger partial charge in [0.05, 0.1) is 10.3 Å². The van der Waals surface area contributed by atoms with E-state index >= 15 is 0 Å². The molecule has 0 bridgehead atoms. The van der Waals surface area contributed by atoms with Crippen LogP contribution >= 0.6 is 11.3 Å². The van der Waals surface area contributed by atoms with Crippen LogP contribution in [0.2, 0.25) is 0 Å². The molecule has 13 heavy (non-hydrogen) atoms. The van der Waals surface area contributed by atoms with Gasteiger partial charge in [0.1, 0.15) is 0 Å². The third-order valence-electron chi connectivity index (χ3n) is 1.54. The van der Waals surface area contributed by atoms with Crippen LogP contribution in [0.15, 0.2) is 29.9 Å². The fourth-order valence-corrected chi connectivity index (χ4v) is 1.70. The van der Waals surface area contributed by atoms with Gasteiger partial charge in [-0.15, -0.1) is 0 Å². The van der Waals surface area contributed by atoms with Gasteiger partial charge in [-0.3, -0.25) is 10.1 Å². The molecular weight excluding hydrogens is 256 g/mol. The van der Waals surface area contributed by atoms with Crippen LogP contribution in [0.5, 0.6) is 0 Å². The normalized spacial score (nSPS) is 9.54. The van der Waals surface area contributed by atoms with Crippen molar-refractivity contribution in [1.82, 2.24) is 0 Å². The first-order valence-electron chi connectivity index (χ1n) is 3.30. The van der Waals surface area contributed by atoms with Crippen LogP contribution in [0, 0.1) is 10.1 Å². The molecule has 0 saturated heterocycles. The molecular formula is C7H5BrN2O2S. The fraction of sp³-hybridized carbons (Fsp3) is 0. The minimum atomic E-state index is -0.399. The lowest BCUT2D eigenvalue weighted by Gasteiger charge is -1.84. The SMILES string of the molecule is O=[N+]([O-])c1ccc2scc[n+]2c1.[Br-]. The van der Waals surface area contributed by atoms with Crippen LogP contribution in [0.4, 0.5) is 5.69 Å². The van der Waals surface area contributed by atoms with Crippen molar-refractivity contribution in [1.29, 1.82) is 0 Å². The second-order valence-corrected chi connectivity index (χ2v) is 3.22. The number of aromatic nitrogens is 1. The quantitative estimate of drug-likeness (QED) is 0.352. The first-order valence-corrected chi connectivity index (χ1v) is 4.18. The summed E-state index contributed by atoms with van der Waals surface area (Å²) in [6.07, 6.45) is 3.30. The molecule has 6 heteroatoms. The Morgan fingerprint density at radius 2 is 2.23 bits per heavy atom. The summed E-state index contributed by atoms with van der Waals surface area (Å²) in [5, 5.41) is 12.3. The highest BCUT2D eigenvalue weighted by atomic mass is 79.9. The number of fused-ring (bicyclic) bond motifs is 1. The lowest BCUT2D eigenvalue weighted by molar-refractivity contribution is -0.516. The van der Waals surface area contributed by atoms with Crippen molar-refractivity contribution in [2.75, 3.05) is 0 Å². The summed E-state index contributed by atoms with van der Waals surface area (Å²) in [4.78, 5) is 11.0. The summed E-state index contributed by atoms with van der Waals surface area (Å²) in [6, 6.07) is 3.24. The monoisotopic (exact) mass is 260 g/mol. The molecule has 0 N–H and O–H groups in total. The van der Waals surface area contributed by atoms with Crippen molar-refractivity contribution in [3.05, 3.63) is 40.0 Å². The van der Waals surface area contributed by atoms with Crippen molar-refractivity contribution in [2.24, 2.45) is 0 Å². The maximum Gasteiger partial charge on any atom is 0.332 e. The minimum Gasteiger partial charge on any atom is -1.00 e. The molecule has 0 saturated carbocycles. The van der Waals surface area contributed by atoms with Crippen LogP contribution < -0.4 is 21.4 Å². The third-order valence-corrected chi connectivity index (χ3v) is 2.39. The largest absolute Gasteiger partial charge is 1.00 e. The number of nitro groups is 1. The van der Waals surface area contributed by atoms with Crippen molar-refractivity contribution < 1.29 is 26.3 Å².